The first-order valence-electron chi connectivity index (χ1n) is 5.58. The van der Waals surface area contributed by atoms with Crippen molar-refractivity contribution in [2.75, 3.05) is 7.05 Å². The number of carbonyl (C=O) groups excluding carboxylic acids is 1. The molecule has 0 unspecified atom stereocenters. The summed E-state index contributed by atoms with van der Waals surface area (Å²) in [6, 6.07) is 7.84. The van der Waals surface area contributed by atoms with Gasteiger partial charge < -0.3 is 11.1 Å². The summed E-state index contributed by atoms with van der Waals surface area (Å²) < 4.78 is 0. The fourth-order valence-electron chi connectivity index (χ4n) is 1.58. The molecular weight excluding hydrogens is 228 g/mol. The largest absolute Gasteiger partial charge is 0.352 e. The fraction of sp³-hybridized carbons (Fsp3) is 0.154. The van der Waals surface area contributed by atoms with Gasteiger partial charge in [0.2, 0.25) is 5.82 Å². The lowest BCUT2D eigenvalue weighted by molar-refractivity contribution is 0.0953. The maximum atomic E-state index is 11.3. The third-order valence-electron chi connectivity index (χ3n) is 2.58. The lowest BCUT2D eigenvalue weighted by atomic mass is 10.1. The lowest BCUT2D eigenvalue weighted by Crippen LogP contribution is -2.20. The molecule has 0 bridgehead atoms. The molecule has 3 N–H and O–H groups in total. The Hall–Kier alpha value is -2.27. The molecule has 0 atom stereocenters. The number of carbonyl (C=O) groups is 1. The van der Waals surface area contributed by atoms with Crippen LogP contribution in [0.3, 0.4) is 0 Å². The number of nitrogens with two attached hydrogens (primary N) is 1. The van der Waals surface area contributed by atoms with Gasteiger partial charge in [0.05, 0.1) is 0 Å². The molecule has 5 nitrogen and oxygen atoms in total. The molecule has 0 saturated heterocycles. The van der Waals surface area contributed by atoms with Gasteiger partial charge in [-0.25, -0.2) is 9.97 Å². The van der Waals surface area contributed by atoms with Crippen molar-refractivity contribution in [3.8, 4) is 11.1 Å². The second-order valence-corrected chi connectivity index (χ2v) is 3.78. The zero-order valence-corrected chi connectivity index (χ0v) is 10.1. The van der Waals surface area contributed by atoms with Crippen LogP contribution in [0.15, 0.2) is 36.7 Å². The van der Waals surface area contributed by atoms with E-state index in [1.165, 1.54) is 0 Å². The first-order valence-corrected chi connectivity index (χ1v) is 5.58. The summed E-state index contributed by atoms with van der Waals surface area (Å²) in [6.07, 6.45) is 3.26. The Morgan fingerprint density at radius 3 is 2.61 bits per heavy atom. The third kappa shape index (κ3) is 2.52. The maximum Gasteiger partial charge on any atom is 0.288 e. The minimum atomic E-state index is -0.294. The predicted octanol–water partition coefficient (Wildman–Crippen LogP) is 0.962. The molecular formula is C13H14N4O. The normalized spacial score (nSPS) is 10.1. The molecule has 1 aromatic heterocycles. The van der Waals surface area contributed by atoms with Gasteiger partial charge in [0.1, 0.15) is 0 Å². The Bertz CT molecular complexity index is 551. The number of rotatable bonds is 3. The molecule has 2 aromatic rings. The van der Waals surface area contributed by atoms with Gasteiger partial charge in [-0.1, -0.05) is 18.2 Å². The molecule has 0 spiro atoms. The van der Waals surface area contributed by atoms with Crippen molar-refractivity contribution < 1.29 is 4.79 Å². The Labute approximate surface area is 105 Å². The van der Waals surface area contributed by atoms with Gasteiger partial charge in [-0.05, 0) is 17.2 Å². The van der Waals surface area contributed by atoms with Crippen LogP contribution in [0.4, 0.5) is 0 Å². The van der Waals surface area contributed by atoms with Crippen molar-refractivity contribution in [2.24, 2.45) is 5.73 Å². The van der Waals surface area contributed by atoms with Crippen LogP contribution in [0, 0.1) is 0 Å². The Morgan fingerprint density at radius 1 is 1.28 bits per heavy atom. The molecule has 2 rings (SSSR count). The molecule has 1 amide bonds. The lowest BCUT2D eigenvalue weighted by Gasteiger charge is -2.04. The number of nitrogens with one attached hydrogen (secondary N) is 1. The van der Waals surface area contributed by atoms with E-state index in [1.54, 1.807) is 19.4 Å². The molecule has 1 aromatic carbocycles. The van der Waals surface area contributed by atoms with E-state index in [0.717, 1.165) is 16.7 Å². The number of aromatic nitrogens is 2. The van der Waals surface area contributed by atoms with Crippen LogP contribution in [-0.2, 0) is 6.54 Å². The van der Waals surface area contributed by atoms with Gasteiger partial charge in [0.25, 0.3) is 5.91 Å². The number of nitrogens with zero attached hydrogens (tertiary/aromatic N) is 2. The van der Waals surface area contributed by atoms with Crippen LogP contribution >= 0.6 is 0 Å². The second-order valence-electron chi connectivity index (χ2n) is 3.78. The zero-order valence-electron chi connectivity index (χ0n) is 10.1. The molecule has 0 saturated carbocycles. The number of amides is 1. The Morgan fingerprint density at radius 2 is 2.00 bits per heavy atom. The van der Waals surface area contributed by atoms with E-state index in [1.807, 2.05) is 24.3 Å². The van der Waals surface area contributed by atoms with Gasteiger partial charge in [-0.15, -0.1) is 0 Å². The molecule has 0 aliphatic rings. The molecule has 0 radical (unpaired) electrons. The van der Waals surface area contributed by atoms with E-state index in [4.69, 9.17) is 5.73 Å². The van der Waals surface area contributed by atoms with Crippen LogP contribution in [0.25, 0.3) is 11.1 Å². The van der Waals surface area contributed by atoms with Crippen molar-refractivity contribution >= 4 is 5.91 Å². The number of hydrogen-bond acceptors (Lipinski definition) is 4. The van der Waals surface area contributed by atoms with Gasteiger partial charge in [0, 0.05) is 31.5 Å². The van der Waals surface area contributed by atoms with Crippen molar-refractivity contribution in [3.63, 3.8) is 0 Å². The van der Waals surface area contributed by atoms with Crippen molar-refractivity contribution in [2.45, 2.75) is 6.54 Å². The molecule has 0 aliphatic carbocycles. The van der Waals surface area contributed by atoms with Crippen LogP contribution < -0.4 is 11.1 Å². The van der Waals surface area contributed by atoms with Gasteiger partial charge in [0.15, 0.2) is 0 Å². The average molecular weight is 242 g/mol. The minimum absolute atomic E-state index is 0.163. The summed E-state index contributed by atoms with van der Waals surface area (Å²) in [6.45, 7) is 0.491. The monoisotopic (exact) mass is 242 g/mol. The standard InChI is InChI=1S/C13H14N4O/c1-15-13(18)12-16-7-11(8-17-12)10-4-2-3-9(5-10)6-14/h2-5,7-8H,6,14H2,1H3,(H,15,18). The molecule has 18 heavy (non-hydrogen) atoms. The first kappa shape index (κ1) is 12.2. The van der Waals surface area contributed by atoms with E-state index < -0.39 is 0 Å². The van der Waals surface area contributed by atoms with Crippen LogP contribution in [0.2, 0.25) is 0 Å². The third-order valence-corrected chi connectivity index (χ3v) is 2.58. The van der Waals surface area contributed by atoms with Gasteiger partial charge in [-0.2, -0.15) is 0 Å². The van der Waals surface area contributed by atoms with Gasteiger partial charge >= 0.3 is 0 Å². The summed E-state index contributed by atoms with van der Waals surface area (Å²) in [4.78, 5) is 19.4. The smallest absolute Gasteiger partial charge is 0.288 e. The van der Waals surface area contributed by atoms with Crippen LogP contribution in [0.1, 0.15) is 16.2 Å². The summed E-state index contributed by atoms with van der Waals surface area (Å²) in [5.41, 5.74) is 8.49. The summed E-state index contributed by atoms with van der Waals surface area (Å²) in [7, 11) is 1.55. The minimum Gasteiger partial charge on any atom is -0.352 e. The van der Waals surface area contributed by atoms with Crippen LogP contribution in [0.5, 0.6) is 0 Å². The summed E-state index contributed by atoms with van der Waals surface area (Å²) in [5, 5.41) is 2.48. The van der Waals surface area contributed by atoms with Crippen molar-refractivity contribution in [1.29, 1.82) is 0 Å². The molecule has 92 valence electrons. The topological polar surface area (TPSA) is 80.9 Å². The average Bonchev–Trinajstić information content (AvgIpc) is 2.46. The van der Waals surface area contributed by atoms with Crippen molar-refractivity contribution in [3.05, 3.63) is 48.0 Å². The highest BCUT2D eigenvalue weighted by Crippen LogP contribution is 2.18. The molecule has 1 heterocycles. The summed E-state index contributed by atoms with van der Waals surface area (Å²) in [5.74, 6) is -0.131. The summed E-state index contributed by atoms with van der Waals surface area (Å²) >= 11 is 0. The fourth-order valence-corrected chi connectivity index (χ4v) is 1.58. The highest BCUT2D eigenvalue weighted by molar-refractivity contribution is 5.90. The molecule has 0 fully saturated rings. The van der Waals surface area contributed by atoms with E-state index >= 15 is 0 Å². The number of hydrogen-bond donors (Lipinski definition) is 2. The first-order chi connectivity index (χ1) is 8.74. The highest BCUT2D eigenvalue weighted by Gasteiger charge is 2.07. The van der Waals surface area contributed by atoms with Crippen LogP contribution in [-0.4, -0.2) is 22.9 Å². The van der Waals surface area contributed by atoms with E-state index in [-0.39, 0.29) is 11.7 Å². The van der Waals surface area contributed by atoms with E-state index in [9.17, 15) is 4.79 Å². The zero-order chi connectivity index (χ0) is 13.0. The molecule has 5 heteroatoms. The number of benzene rings is 1. The molecule has 0 aliphatic heterocycles. The maximum absolute atomic E-state index is 11.3. The van der Waals surface area contributed by atoms with E-state index in [0.29, 0.717) is 6.54 Å². The van der Waals surface area contributed by atoms with E-state index in [2.05, 4.69) is 15.3 Å². The SMILES string of the molecule is CNC(=O)c1ncc(-c2cccc(CN)c2)cn1. The highest BCUT2D eigenvalue weighted by atomic mass is 16.2. The van der Waals surface area contributed by atoms with Gasteiger partial charge in [-0.3, -0.25) is 4.79 Å². The quantitative estimate of drug-likeness (QED) is 0.840. The second kappa shape index (κ2) is 5.37. The Balaban J connectivity index is 2.31. The predicted molar refractivity (Wildman–Crippen MR) is 68.7 cm³/mol. The Kier molecular flexibility index (Phi) is 3.64. The van der Waals surface area contributed by atoms with Crippen molar-refractivity contribution in [1.82, 2.24) is 15.3 Å².